The topological polar surface area (TPSA) is 9.86 Å². The minimum atomic E-state index is -0.497. The lowest BCUT2D eigenvalue weighted by Gasteiger charge is -2.34. The Labute approximate surface area is 339 Å². The Hall–Kier alpha value is -7.20. The predicted molar refractivity (Wildman–Crippen MR) is 245 cm³/mol. The van der Waals surface area contributed by atoms with Gasteiger partial charge in [0.2, 0.25) is 0 Å². The summed E-state index contributed by atoms with van der Waals surface area (Å²) in [6.45, 7) is 0. The van der Waals surface area contributed by atoms with E-state index in [0.717, 1.165) is 11.4 Å². The molecule has 0 fully saturated rings. The van der Waals surface area contributed by atoms with Crippen LogP contribution >= 0.6 is 11.3 Å². The Morgan fingerprint density at radius 2 is 0.897 bits per heavy atom. The normalized spacial score (nSPS) is 13.3. The van der Waals surface area contributed by atoms with Gasteiger partial charge in [-0.1, -0.05) is 164 Å². The predicted octanol–water partition coefficient (Wildman–Crippen LogP) is 14.6. The summed E-state index contributed by atoms with van der Waals surface area (Å²) in [7, 11) is 0. The fraction of sp³-hybridized carbons (Fsp3) is 0.0182. The summed E-state index contributed by atoms with van der Waals surface area (Å²) in [6.07, 6.45) is 0. The quantitative estimate of drug-likeness (QED) is 0.169. The number of rotatable bonds is 4. The van der Waals surface area contributed by atoms with Gasteiger partial charge in [-0.15, -0.1) is 11.3 Å². The van der Waals surface area contributed by atoms with E-state index in [4.69, 9.17) is 0 Å². The van der Waals surface area contributed by atoms with E-state index in [1.807, 2.05) is 11.3 Å². The molecule has 2 nitrogen and oxygen atoms in total. The van der Waals surface area contributed by atoms with E-state index in [0.29, 0.717) is 0 Å². The monoisotopic (exact) mass is 754 g/mol. The van der Waals surface area contributed by atoms with Crippen LogP contribution in [0.4, 0.5) is 0 Å². The molecule has 12 aromatic rings. The molecule has 270 valence electrons. The van der Waals surface area contributed by atoms with E-state index >= 15 is 0 Å². The van der Waals surface area contributed by atoms with Crippen molar-refractivity contribution in [2.75, 3.05) is 0 Å². The summed E-state index contributed by atoms with van der Waals surface area (Å²) in [4.78, 5) is 0. The highest BCUT2D eigenvalue weighted by atomic mass is 32.1. The molecule has 3 heteroatoms. The van der Waals surface area contributed by atoms with E-state index in [2.05, 4.69) is 215 Å². The summed E-state index contributed by atoms with van der Waals surface area (Å²) in [6, 6.07) is 76.5. The highest BCUT2D eigenvalue weighted by Gasteiger charge is 2.46. The zero-order valence-electron chi connectivity index (χ0n) is 31.4. The molecule has 0 saturated heterocycles. The molecular formula is C55H34N2S. The fourth-order valence-corrected chi connectivity index (χ4v) is 11.8. The molecule has 3 aromatic heterocycles. The first-order valence-corrected chi connectivity index (χ1v) is 20.8. The molecule has 1 aliphatic carbocycles. The highest BCUT2D eigenvalue weighted by molar-refractivity contribution is 7.27. The van der Waals surface area contributed by atoms with Crippen LogP contribution in [0.2, 0.25) is 0 Å². The number of para-hydroxylation sites is 3. The van der Waals surface area contributed by atoms with Crippen LogP contribution in [-0.4, -0.2) is 9.13 Å². The van der Waals surface area contributed by atoms with Gasteiger partial charge >= 0.3 is 0 Å². The molecule has 0 spiro atoms. The standard InChI is InChI=1S/C55H34N2S/c1-4-18-35(19-5-1)55(36-20-6-2-7-21-36)44-28-14-10-24-39(44)40-33-32-38(34-45(40)55)57-47-30-16-12-26-42(47)51-52-49(50-43-27-13-17-31-48(43)58-54(50)53(51)57)41-25-11-15-29-46(41)56(52)37-22-8-3-9-23-37/h1-34H. The molecule has 0 atom stereocenters. The van der Waals surface area contributed by atoms with Crippen molar-refractivity contribution in [3.63, 3.8) is 0 Å². The molecule has 9 aromatic carbocycles. The van der Waals surface area contributed by atoms with Gasteiger partial charge in [-0.05, 0) is 75.8 Å². The third-order valence-electron chi connectivity index (χ3n) is 12.8. The van der Waals surface area contributed by atoms with Crippen molar-refractivity contribution in [2.45, 2.75) is 5.41 Å². The van der Waals surface area contributed by atoms with Crippen molar-refractivity contribution in [2.24, 2.45) is 0 Å². The lowest BCUT2D eigenvalue weighted by atomic mass is 9.67. The average molecular weight is 755 g/mol. The van der Waals surface area contributed by atoms with Crippen LogP contribution in [0, 0.1) is 0 Å². The Morgan fingerprint density at radius 1 is 0.362 bits per heavy atom. The molecule has 58 heavy (non-hydrogen) atoms. The largest absolute Gasteiger partial charge is 0.309 e. The second-order valence-electron chi connectivity index (χ2n) is 15.5. The summed E-state index contributed by atoms with van der Waals surface area (Å²) < 4.78 is 7.72. The second-order valence-corrected chi connectivity index (χ2v) is 16.6. The number of hydrogen-bond donors (Lipinski definition) is 0. The summed E-state index contributed by atoms with van der Waals surface area (Å²) in [5.41, 5.74) is 14.5. The van der Waals surface area contributed by atoms with Crippen molar-refractivity contribution in [3.8, 4) is 22.5 Å². The SMILES string of the molecule is c1ccc(-n2c3ccccc3c3c4c5ccccc5sc4c4c(c5ccccc5n4-c4ccc5c(c4)C(c4ccccc4)(c4ccccc4)c4ccccc4-5)c32)cc1. The molecule has 3 heterocycles. The molecule has 1 aliphatic rings. The Bertz CT molecular complexity index is 3570. The van der Waals surface area contributed by atoms with Crippen molar-refractivity contribution in [3.05, 3.63) is 229 Å². The van der Waals surface area contributed by atoms with Gasteiger partial charge in [0.05, 0.1) is 32.2 Å². The van der Waals surface area contributed by atoms with Crippen LogP contribution in [0.15, 0.2) is 206 Å². The maximum absolute atomic E-state index is 2.58. The maximum atomic E-state index is 2.58. The molecular weight excluding hydrogens is 721 g/mol. The number of fused-ring (bicyclic) bond motifs is 15. The lowest BCUT2D eigenvalue weighted by Crippen LogP contribution is -2.28. The Morgan fingerprint density at radius 3 is 1.60 bits per heavy atom. The van der Waals surface area contributed by atoms with Crippen LogP contribution in [0.3, 0.4) is 0 Å². The van der Waals surface area contributed by atoms with Gasteiger partial charge in [0.25, 0.3) is 0 Å². The van der Waals surface area contributed by atoms with E-state index in [9.17, 15) is 0 Å². The van der Waals surface area contributed by atoms with Gasteiger partial charge in [-0.2, -0.15) is 0 Å². The van der Waals surface area contributed by atoms with Crippen molar-refractivity contribution >= 4 is 75.1 Å². The van der Waals surface area contributed by atoms with Crippen LogP contribution in [0.25, 0.3) is 86.3 Å². The Kier molecular flexibility index (Phi) is 6.56. The minimum Gasteiger partial charge on any atom is -0.309 e. The smallest absolute Gasteiger partial charge is 0.0741 e. The van der Waals surface area contributed by atoms with Crippen molar-refractivity contribution in [1.29, 1.82) is 0 Å². The molecule has 0 amide bonds. The summed E-state index contributed by atoms with van der Waals surface area (Å²) >= 11 is 1.92. The van der Waals surface area contributed by atoms with Gasteiger partial charge < -0.3 is 9.13 Å². The second kappa shape index (κ2) is 11.9. The van der Waals surface area contributed by atoms with Gasteiger partial charge in [0, 0.05) is 48.4 Å². The van der Waals surface area contributed by atoms with Crippen LogP contribution in [0.5, 0.6) is 0 Å². The highest BCUT2D eigenvalue weighted by Crippen LogP contribution is 2.57. The fourth-order valence-electron chi connectivity index (χ4n) is 10.6. The van der Waals surface area contributed by atoms with Gasteiger partial charge in [-0.25, -0.2) is 0 Å². The van der Waals surface area contributed by atoms with Crippen molar-refractivity contribution in [1.82, 2.24) is 9.13 Å². The summed E-state index contributed by atoms with van der Waals surface area (Å²) in [5, 5.41) is 7.76. The number of hydrogen-bond acceptors (Lipinski definition) is 1. The molecule has 13 rings (SSSR count). The molecule has 0 radical (unpaired) electrons. The Balaban J connectivity index is 1.24. The van der Waals surface area contributed by atoms with Crippen LogP contribution in [0.1, 0.15) is 22.3 Å². The van der Waals surface area contributed by atoms with Crippen molar-refractivity contribution < 1.29 is 0 Å². The number of aromatic nitrogens is 2. The van der Waals surface area contributed by atoms with E-state index < -0.39 is 5.41 Å². The van der Waals surface area contributed by atoms with Crippen LogP contribution < -0.4 is 0 Å². The zero-order chi connectivity index (χ0) is 38.0. The zero-order valence-corrected chi connectivity index (χ0v) is 32.2. The van der Waals surface area contributed by atoms with Gasteiger partial charge in [0.1, 0.15) is 0 Å². The molecule has 0 N–H and O–H groups in total. The third kappa shape index (κ3) is 4.06. The first-order chi connectivity index (χ1) is 28.8. The maximum Gasteiger partial charge on any atom is 0.0741 e. The average Bonchev–Trinajstić information content (AvgIpc) is 4.03. The number of thiophene rings is 1. The molecule has 0 saturated carbocycles. The van der Waals surface area contributed by atoms with E-state index in [-0.39, 0.29) is 0 Å². The first kappa shape index (κ1) is 31.9. The molecule has 0 unspecified atom stereocenters. The van der Waals surface area contributed by atoms with Gasteiger partial charge in [0.15, 0.2) is 0 Å². The van der Waals surface area contributed by atoms with Crippen LogP contribution in [-0.2, 0) is 5.41 Å². The minimum absolute atomic E-state index is 0.497. The molecule has 0 aliphatic heterocycles. The molecule has 0 bridgehead atoms. The first-order valence-electron chi connectivity index (χ1n) is 20.0. The number of nitrogens with zero attached hydrogens (tertiary/aromatic N) is 2. The van der Waals surface area contributed by atoms with E-state index in [1.54, 1.807) is 0 Å². The van der Waals surface area contributed by atoms with E-state index in [1.165, 1.54) is 97.2 Å². The van der Waals surface area contributed by atoms with Gasteiger partial charge in [-0.3, -0.25) is 0 Å². The third-order valence-corrected chi connectivity index (χ3v) is 13.9. The number of benzene rings is 9. The lowest BCUT2D eigenvalue weighted by molar-refractivity contribution is 0.767. The summed E-state index contributed by atoms with van der Waals surface area (Å²) in [5.74, 6) is 0.